The van der Waals surface area contributed by atoms with Crippen LogP contribution in [0, 0.1) is 0 Å². The third kappa shape index (κ3) is 3.62. The molecule has 1 aliphatic rings. The lowest BCUT2D eigenvalue weighted by atomic mass is 10.1. The molecule has 1 heterocycles. The molecule has 19 heavy (non-hydrogen) atoms. The van der Waals surface area contributed by atoms with Gasteiger partial charge in [-0.25, -0.2) is 0 Å². The number of piperazine rings is 1. The molecule has 1 aromatic rings. The van der Waals surface area contributed by atoms with Crippen molar-refractivity contribution in [2.45, 2.75) is 32.0 Å². The lowest BCUT2D eigenvalue weighted by molar-refractivity contribution is -0.137. The number of alkyl halides is 3. The Bertz CT molecular complexity index is 398. The summed E-state index contributed by atoms with van der Waals surface area (Å²) < 4.78 is 37.5. The Labute approximate surface area is 111 Å². The van der Waals surface area contributed by atoms with E-state index in [4.69, 9.17) is 0 Å². The van der Waals surface area contributed by atoms with E-state index in [1.54, 1.807) is 12.1 Å². The summed E-state index contributed by atoms with van der Waals surface area (Å²) in [5, 5.41) is 3.43. The van der Waals surface area contributed by atoms with Gasteiger partial charge in [0, 0.05) is 31.4 Å². The molecule has 2 rings (SSSR count). The number of nitrogens with zero attached hydrogens (tertiary/aromatic N) is 1. The lowest BCUT2D eigenvalue weighted by Gasteiger charge is -2.35. The van der Waals surface area contributed by atoms with Crippen molar-refractivity contribution in [3.8, 4) is 0 Å². The quantitative estimate of drug-likeness (QED) is 0.908. The van der Waals surface area contributed by atoms with E-state index in [0.29, 0.717) is 6.04 Å². The summed E-state index contributed by atoms with van der Waals surface area (Å²) in [5.74, 6) is 0. The minimum Gasteiger partial charge on any atom is -0.369 e. The van der Waals surface area contributed by atoms with E-state index in [1.807, 2.05) is 0 Å². The van der Waals surface area contributed by atoms with Gasteiger partial charge in [0.2, 0.25) is 0 Å². The first-order valence-corrected chi connectivity index (χ1v) is 6.66. The van der Waals surface area contributed by atoms with Crippen LogP contribution in [0.4, 0.5) is 18.9 Å². The Balaban J connectivity index is 2.05. The van der Waals surface area contributed by atoms with Crippen LogP contribution >= 0.6 is 0 Å². The van der Waals surface area contributed by atoms with E-state index in [-0.39, 0.29) is 0 Å². The molecule has 0 spiro atoms. The summed E-state index contributed by atoms with van der Waals surface area (Å²) in [4.78, 5) is 2.15. The molecule has 0 radical (unpaired) electrons. The highest BCUT2D eigenvalue weighted by atomic mass is 19.4. The van der Waals surface area contributed by atoms with Crippen molar-refractivity contribution >= 4 is 5.69 Å². The molecule has 0 amide bonds. The first-order chi connectivity index (χ1) is 9.00. The second kappa shape index (κ2) is 5.82. The second-order valence-corrected chi connectivity index (χ2v) is 4.93. The van der Waals surface area contributed by atoms with E-state index in [2.05, 4.69) is 17.1 Å². The van der Waals surface area contributed by atoms with Crippen LogP contribution in [0.2, 0.25) is 0 Å². The first-order valence-electron chi connectivity index (χ1n) is 6.66. The molecule has 0 aliphatic carbocycles. The fourth-order valence-electron chi connectivity index (χ4n) is 2.46. The number of anilines is 1. The zero-order valence-corrected chi connectivity index (χ0v) is 11.0. The van der Waals surface area contributed by atoms with Crippen molar-refractivity contribution in [3.05, 3.63) is 29.8 Å². The average Bonchev–Trinajstić information content (AvgIpc) is 2.39. The van der Waals surface area contributed by atoms with Crippen molar-refractivity contribution in [1.82, 2.24) is 5.32 Å². The van der Waals surface area contributed by atoms with Crippen LogP contribution in [0.3, 0.4) is 0 Å². The third-order valence-corrected chi connectivity index (χ3v) is 3.45. The van der Waals surface area contributed by atoms with Gasteiger partial charge >= 0.3 is 6.18 Å². The maximum Gasteiger partial charge on any atom is 0.416 e. The number of hydrogen-bond donors (Lipinski definition) is 1. The standard InChI is InChI=1S/C14H19F3N2/c1-2-3-12-10-19(9-8-18-12)13-6-4-11(5-7-13)14(15,16)17/h4-7,12,18H,2-3,8-10H2,1H3. The minimum atomic E-state index is -4.26. The SMILES string of the molecule is CCCC1CN(c2ccc(C(F)(F)F)cc2)CCN1. The van der Waals surface area contributed by atoms with Crippen molar-refractivity contribution in [1.29, 1.82) is 0 Å². The Hall–Kier alpha value is -1.23. The molecular formula is C14H19F3N2. The van der Waals surface area contributed by atoms with Gasteiger partial charge in [0.1, 0.15) is 0 Å². The molecule has 1 N–H and O–H groups in total. The zero-order chi connectivity index (χ0) is 13.9. The van der Waals surface area contributed by atoms with E-state index >= 15 is 0 Å². The second-order valence-electron chi connectivity index (χ2n) is 4.93. The van der Waals surface area contributed by atoms with Gasteiger partial charge in [-0.2, -0.15) is 13.2 Å². The molecule has 0 saturated carbocycles. The molecule has 106 valence electrons. The summed E-state index contributed by atoms with van der Waals surface area (Å²) in [6, 6.07) is 5.88. The highest BCUT2D eigenvalue weighted by Crippen LogP contribution is 2.30. The summed E-state index contributed by atoms with van der Waals surface area (Å²) in [7, 11) is 0. The maximum atomic E-state index is 12.5. The number of rotatable bonds is 3. The lowest BCUT2D eigenvalue weighted by Crippen LogP contribution is -2.50. The first kappa shape index (κ1) is 14.2. The average molecular weight is 272 g/mol. The van der Waals surface area contributed by atoms with Crippen LogP contribution < -0.4 is 10.2 Å². The Morgan fingerprint density at radius 2 is 1.95 bits per heavy atom. The van der Waals surface area contributed by atoms with Gasteiger partial charge in [-0.15, -0.1) is 0 Å². The molecule has 1 aliphatic heterocycles. The highest BCUT2D eigenvalue weighted by Gasteiger charge is 2.30. The van der Waals surface area contributed by atoms with Crippen LogP contribution in [-0.4, -0.2) is 25.7 Å². The monoisotopic (exact) mass is 272 g/mol. The Morgan fingerprint density at radius 1 is 1.26 bits per heavy atom. The van der Waals surface area contributed by atoms with Gasteiger partial charge in [-0.1, -0.05) is 13.3 Å². The molecule has 1 fully saturated rings. The van der Waals surface area contributed by atoms with Gasteiger partial charge in [-0.05, 0) is 30.7 Å². The third-order valence-electron chi connectivity index (χ3n) is 3.45. The Kier molecular flexibility index (Phi) is 4.34. The normalized spacial score (nSPS) is 20.6. The maximum absolute atomic E-state index is 12.5. The van der Waals surface area contributed by atoms with Crippen LogP contribution in [-0.2, 0) is 6.18 Å². The van der Waals surface area contributed by atoms with E-state index in [1.165, 1.54) is 0 Å². The molecule has 1 atom stereocenters. The van der Waals surface area contributed by atoms with Crippen LogP contribution in [0.15, 0.2) is 24.3 Å². The summed E-state index contributed by atoms with van der Waals surface area (Å²) in [5.41, 5.74) is 0.284. The molecule has 1 unspecified atom stereocenters. The van der Waals surface area contributed by atoms with E-state index in [9.17, 15) is 13.2 Å². The molecule has 1 aromatic carbocycles. The molecular weight excluding hydrogens is 253 g/mol. The number of hydrogen-bond acceptors (Lipinski definition) is 2. The fourth-order valence-corrected chi connectivity index (χ4v) is 2.46. The van der Waals surface area contributed by atoms with Crippen LogP contribution in [0.5, 0.6) is 0 Å². The molecule has 5 heteroatoms. The Morgan fingerprint density at radius 3 is 2.53 bits per heavy atom. The van der Waals surface area contributed by atoms with E-state index < -0.39 is 11.7 Å². The highest BCUT2D eigenvalue weighted by molar-refractivity contribution is 5.48. The molecule has 0 aromatic heterocycles. The summed E-state index contributed by atoms with van der Waals surface area (Å²) >= 11 is 0. The number of nitrogens with one attached hydrogen (secondary N) is 1. The van der Waals surface area contributed by atoms with Gasteiger partial charge in [0.25, 0.3) is 0 Å². The van der Waals surface area contributed by atoms with Crippen molar-refractivity contribution in [2.24, 2.45) is 0 Å². The molecule has 0 bridgehead atoms. The summed E-state index contributed by atoms with van der Waals surface area (Å²) in [6.07, 6.45) is -2.05. The van der Waals surface area contributed by atoms with Gasteiger partial charge in [-0.3, -0.25) is 0 Å². The van der Waals surface area contributed by atoms with Crippen molar-refractivity contribution in [2.75, 3.05) is 24.5 Å². The van der Waals surface area contributed by atoms with Gasteiger partial charge in [0.05, 0.1) is 5.56 Å². The van der Waals surface area contributed by atoms with Crippen LogP contribution in [0.25, 0.3) is 0 Å². The van der Waals surface area contributed by atoms with Crippen molar-refractivity contribution in [3.63, 3.8) is 0 Å². The predicted molar refractivity (Wildman–Crippen MR) is 70.4 cm³/mol. The van der Waals surface area contributed by atoms with Crippen molar-refractivity contribution < 1.29 is 13.2 Å². The number of halogens is 3. The van der Waals surface area contributed by atoms with E-state index in [0.717, 1.165) is 50.3 Å². The summed E-state index contributed by atoms with van der Waals surface area (Å²) in [6.45, 7) is 4.72. The zero-order valence-electron chi connectivity index (χ0n) is 11.0. The molecule has 1 saturated heterocycles. The van der Waals surface area contributed by atoms with Gasteiger partial charge < -0.3 is 10.2 Å². The predicted octanol–water partition coefficient (Wildman–Crippen LogP) is 3.28. The van der Waals surface area contributed by atoms with Crippen LogP contribution in [0.1, 0.15) is 25.3 Å². The smallest absolute Gasteiger partial charge is 0.369 e. The molecule has 2 nitrogen and oxygen atoms in total. The largest absolute Gasteiger partial charge is 0.416 e. The van der Waals surface area contributed by atoms with Gasteiger partial charge in [0.15, 0.2) is 0 Å². The number of benzene rings is 1. The topological polar surface area (TPSA) is 15.3 Å². The minimum absolute atomic E-state index is 0.432. The fraction of sp³-hybridized carbons (Fsp3) is 0.571.